The van der Waals surface area contributed by atoms with Gasteiger partial charge in [0.05, 0.1) is 24.3 Å². The van der Waals surface area contributed by atoms with Crippen molar-refractivity contribution in [1.82, 2.24) is 10.2 Å². The van der Waals surface area contributed by atoms with Crippen molar-refractivity contribution in [2.75, 3.05) is 24.6 Å². The Morgan fingerprint density at radius 2 is 1.58 bits per heavy atom. The van der Waals surface area contributed by atoms with Crippen LogP contribution in [0, 0.1) is 6.92 Å². The number of hydrogen-bond donors (Lipinski definition) is 1. The van der Waals surface area contributed by atoms with Gasteiger partial charge in [-0.2, -0.15) is 0 Å². The van der Waals surface area contributed by atoms with Crippen molar-refractivity contribution in [3.63, 3.8) is 0 Å². The first kappa shape index (κ1) is 33.5. The van der Waals surface area contributed by atoms with Gasteiger partial charge in [0.1, 0.15) is 24.1 Å². The van der Waals surface area contributed by atoms with Crippen LogP contribution in [-0.4, -0.2) is 57.5 Å². The van der Waals surface area contributed by atoms with Gasteiger partial charge in [-0.1, -0.05) is 43.7 Å². The molecule has 1 N–H and O–H groups in total. The van der Waals surface area contributed by atoms with Gasteiger partial charge in [-0.05, 0) is 87.7 Å². The zero-order valence-corrected chi connectivity index (χ0v) is 26.7. The van der Waals surface area contributed by atoms with Crippen LogP contribution in [0.15, 0.2) is 77.7 Å². The van der Waals surface area contributed by atoms with Gasteiger partial charge in [-0.15, -0.1) is 0 Å². The van der Waals surface area contributed by atoms with E-state index in [-0.39, 0.29) is 23.4 Å². The van der Waals surface area contributed by atoms with Crippen molar-refractivity contribution in [1.29, 1.82) is 0 Å². The number of ether oxygens (including phenoxy) is 2. The van der Waals surface area contributed by atoms with Crippen molar-refractivity contribution in [2.24, 2.45) is 0 Å². The topological polar surface area (TPSA) is 105 Å². The summed E-state index contributed by atoms with van der Waals surface area (Å²) in [5, 5.41) is 2.99. The summed E-state index contributed by atoms with van der Waals surface area (Å²) in [6.45, 7) is 9.49. The minimum atomic E-state index is -4.18. The second-order valence-corrected chi connectivity index (χ2v) is 12.2. The lowest BCUT2D eigenvalue weighted by molar-refractivity contribution is -0.140. The van der Waals surface area contributed by atoms with Gasteiger partial charge in [-0.3, -0.25) is 13.9 Å². The van der Waals surface area contributed by atoms with E-state index in [1.807, 2.05) is 46.8 Å². The maximum absolute atomic E-state index is 14.2. The quantitative estimate of drug-likeness (QED) is 0.250. The number of anilines is 1. The monoisotopic (exact) mass is 609 g/mol. The van der Waals surface area contributed by atoms with Crippen LogP contribution in [0.2, 0.25) is 0 Å². The Balaban J connectivity index is 2.06. The van der Waals surface area contributed by atoms with Crippen molar-refractivity contribution in [3.8, 4) is 11.5 Å². The van der Waals surface area contributed by atoms with Gasteiger partial charge in [0.2, 0.25) is 11.8 Å². The Morgan fingerprint density at radius 1 is 0.907 bits per heavy atom. The molecule has 0 aliphatic rings. The van der Waals surface area contributed by atoms with E-state index in [0.29, 0.717) is 30.2 Å². The lowest BCUT2D eigenvalue weighted by Gasteiger charge is -2.33. The maximum Gasteiger partial charge on any atom is 0.264 e. The normalized spacial score (nSPS) is 12.6. The zero-order chi connectivity index (χ0) is 31.6. The smallest absolute Gasteiger partial charge is 0.264 e. The molecule has 10 heteroatoms. The molecule has 0 fully saturated rings. The number of carbonyl (C=O) groups is 2. The number of nitrogens with zero attached hydrogens (tertiary/aromatic N) is 2. The standard InChI is InChI=1S/C33H43N3O6S/c1-7-25(5)34-33(38)31(8-2)35(22-26-11-10-12-29(21-26)41-6)32(37)23-36(27-15-13-24(4)14-16-27)43(39,40)30-19-17-28(18-20-30)42-9-3/h10-21,25,31H,7-9,22-23H2,1-6H3,(H,34,38). The number of sulfonamides is 1. The summed E-state index contributed by atoms with van der Waals surface area (Å²) in [7, 11) is -2.62. The van der Waals surface area contributed by atoms with Crippen molar-refractivity contribution in [2.45, 2.75) is 71.0 Å². The number of hydrogen-bond acceptors (Lipinski definition) is 6. The third kappa shape index (κ3) is 8.73. The number of carbonyl (C=O) groups excluding carboxylic acids is 2. The summed E-state index contributed by atoms with van der Waals surface area (Å²) in [6.07, 6.45) is 1.07. The SMILES string of the molecule is CCOc1ccc(S(=O)(=O)N(CC(=O)N(Cc2cccc(OC)c2)C(CC)C(=O)NC(C)CC)c2ccc(C)cc2)cc1. The Bertz CT molecular complexity index is 1460. The highest BCUT2D eigenvalue weighted by Gasteiger charge is 2.34. The molecular weight excluding hydrogens is 566 g/mol. The fourth-order valence-corrected chi connectivity index (χ4v) is 5.98. The second-order valence-electron chi connectivity index (χ2n) is 10.4. The molecule has 9 nitrogen and oxygen atoms in total. The molecule has 3 aromatic carbocycles. The molecule has 0 saturated carbocycles. The molecular formula is C33H43N3O6S. The van der Waals surface area contributed by atoms with E-state index >= 15 is 0 Å². The average Bonchev–Trinajstić information content (AvgIpc) is 3.00. The summed E-state index contributed by atoms with van der Waals surface area (Å²) < 4.78 is 40.1. The van der Waals surface area contributed by atoms with Gasteiger partial charge in [0.25, 0.3) is 10.0 Å². The molecule has 2 atom stereocenters. The molecule has 0 aromatic heterocycles. The third-order valence-corrected chi connectivity index (χ3v) is 8.99. The fraction of sp³-hybridized carbons (Fsp3) is 0.394. The summed E-state index contributed by atoms with van der Waals surface area (Å²) in [5.41, 5.74) is 2.03. The zero-order valence-electron chi connectivity index (χ0n) is 25.9. The molecule has 2 unspecified atom stereocenters. The first-order chi connectivity index (χ1) is 20.5. The van der Waals surface area contributed by atoms with E-state index in [1.165, 1.54) is 17.0 Å². The molecule has 0 saturated heterocycles. The Hall–Kier alpha value is -4.05. The predicted octanol–water partition coefficient (Wildman–Crippen LogP) is 5.32. The van der Waals surface area contributed by atoms with Crippen LogP contribution in [-0.2, 0) is 26.2 Å². The highest BCUT2D eigenvalue weighted by Crippen LogP contribution is 2.27. The Labute approximate surface area is 255 Å². The largest absolute Gasteiger partial charge is 0.497 e. The second kappa shape index (κ2) is 15.4. The van der Waals surface area contributed by atoms with Gasteiger partial charge >= 0.3 is 0 Å². The van der Waals surface area contributed by atoms with Crippen LogP contribution in [0.5, 0.6) is 11.5 Å². The molecule has 0 spiro atoms. The number of rotatable bonds is 15. The molecule has 0 bridgehead atoms. The van der Waals surface area contributed by atoms with Crippen LogP contribution in [0.3, 0.4) is 0 Å². The van der Waals surface area contributed by atoms with Crippen LogP contribution >= 0.6 is 0 Å². The van der Waals surface area contributed by atoms with Crippen molar-refractivity contribution >= 4 is 27.5 Å². The van der Waals surface area contributed by atoms with Crippen LogP contribution in [0.1, 0.15) is 51.7 Å². The van der Waals surface area contributed by atoms with Crippen LogP contribution in [0.25, 0.3) is 0 Å². The summed E-state index contributed by atoms with van der Waals surface area (Å²) in [6, 6.07) is 19.4. The van der Waals surface area contributed by atoms with E-state index in [1.54, 1.807) is 55.6 Å². The molecule has 0 aliphatic carbocycles. The molecule has 0 radical (unpaired) electrons. The van der Waals surface area contributed by atoms with Crippen molar-refractivity contribution < 1.29 is 27.5 Å². The highest BCUT2D eigenvalue weighted by molar-refractivity contribution is 7.92. The van der Waals surface area contributed by atoms with Gasteiger partial charge in [0.15, 0.2) is 0 Å². The molecule has 2 amide bonds. The van der Waals surface area contributed by atoms with Crippen LogP contribution < -0.4 is 19.1 Å². The molecule has 0 heterocycles. The first-order valence-electron chi connectivity index (χ1n) is 14.6. The number of benzene rings is 3. The maximum atomic E-state index is 14.2. The Kier molecular flexibility index (Phi) is 12.0. The highest BCUT2D eigenvalue weighted by atomic mass is 32.2. The molecule has 3 aromatic rings. The first-order valence-corrected chi connectivity index (χ1v) is 16.0. The lowest BCUT2D eigenvalue weighted by atomic mass is 10.1. The minimum absolute atomic E-state index is 0.0187. The van der Waals surface area contributed by atoms with E-state index in [9.17, 15) is 18.0 Å². The number of nitrogens with one attached hydrogen (secondary N) is 1. The molecule has 0 aliphatic heterocycles. The van der Waals surface area contributed by atoms with E-state index < -0.39 is 28.5 Å². The van der Waals surface area contributed by atoms with Crippen molar-refractivity contribution in [3.05, 3.63) is 83.9 Å². The lowest BCUT2D eigenvalue weighted by Crippen LogP contribution is -2.53. The summed E-state index contributed by atoms with van der Waals surface area (Å²) in [5.74, 6) is 0.358. The molecule has 3 rings (SSSR count). The minimum Gasteiger partial charge on any atom is -0.497 e. The van der Waals surface area contributed by atoms with Crippen LogP contribution in [0.4, 0.5) is 5.69 Å². The fourth-order valence-electron chi connectivity index (χ4n) is 4.57. The summed E-state index contributed by atoms with van der Waals surface area (Å²) >= 11 is 0. The number of methoxy groups -OCH3 is 1. The third-order valence-electron chi connectivity index (χ3n) is 7.20. The Morgan fingerprint density at radius 3 is 2.16 bits per heavy atom. The number of amides is 2. The van der Waals surface area contributed by atoms with Gasteiger partial charge in [-0.25, -0.2) is 8.42 Å². The van der Waals surface area contributed by atoms with E-state index in [2.05, 4.69) is 5.32 Å². The summed E-state index contributed by atoms with van der Waals surface area (Å²) in [4.78, 5) is 29.1. The number of aryl methyl sites for hydroxylation is 1. The average molecular weight is 610 g/mol. The van der Waals surface area contributed by atoms with E-state index in [4.69, 9.17) is 9.47 Å². The molecule has 43 heavy (non-hydrogen) atoms. The molecule has 232 valence electrons. The van der Waals surface area contributed by atoms with Gasteiger partial charge < -0.3 is 19.7 Å². The van der Waals surface area contributed by atoms with E-state index in [0.717, 1.165) is 21.9 Å². The predicted molar refractivity (Wildman–Crippen MR) is 169 cm³/mol. The van der Waals surface area contributed by atoms with Gasteiger partial charge in [0, 0.05) is 12.6 Å².